The molecule has 3 rings (SSSR count). The summed E-state index contributed by atoms with van der Waals surface area (Å²) in [5.74, 6) is 0.384. The van der Waals surface area contributed by atoms with Gasteiger partial charge in [0.2, 0.25) is 5.91 Å². The van der Waals surface area contributed by atoms with Crippen LogP contribution in [0.25, 0.3) is 5.69 Å². The van der Waals surface area contributed by atoms with E-state index in [1.165, 1.54) is 16.7 Å². The van der Waals surface area contributed by atoms with E-state index in [4.69, 9.17) is 0 Å². The number of para-hydroxylation sites is 1. The number of rotatable bonds is 5. The molecule has 114 valence electrons. The minimum Gasteiger partial charge on any atom is -0.329 e. The lowest BCUT2D eigenvalue weighted by Crippen LogP contribution is -2.32. The van der Waals surface area contributed by atoms with E-state index in [1.54, 1.807) is 6.33 Å². The number of hydrogen-bond donors (Lipinski definition) is 1. The summed E-state index contributed by atoms with van der Waals surface area (Å²) in [6.45, 7) is 2.47. The number of nitrogens with one attached hydrogen (secondary N) is 1. The van der Waals surface area contributed by atoms with Crippen molar-refractivity contribution in [3.8, 4) is 5.69 Å². The molecule has 0 aliphatic carbocycles. The Kier molecular flexibility index (Phi) is 4.10. The number of amides is 3. The van der Waals surface area contributed by atoms with Crippen LogP contribution in [-0.2, 0) is 4.79 Å². The number of carbonyl (C=O) groups excluding carboxylic acids is 2. The summed E-state index contributed by atoms with van der Waals surface area (Å²) in [7, 11) is 0. The first-order valence-electron chi connectivity index (χ1n) is 6.84. The number of urea groups is 1. The third-order valence-electron chi connectivity index (χ3n) is 3.37. The van der Waals surface area contributed by atoms with E-state index in [-0.39, 0.29) is 18.5 Å². The van der Waals surface area contributed by atoms with Crippen LogP contribution in [0.3, 0.4) is 0 Å². The van der Waals surface area contributed by atoms with Gasteiger partial charge in [0.25, 0.3) is 0 Å². The van der Waals surface area contributed by atoms with Crippen LogP contribution in [0.5, 0.6) is 0 Å². The van der Waals surface area contributed by atoms with E-state index >= 15 is 0 Å². The first kappa shape index (κ1) is 14.6. The van der Waals surface area contributed by atoms with Crippen molar-refractivity contribution in [2.24, 2.45) is 0 Å². The first-order chi connectivity index (χ1) is 10.7. The summed E-state index contributed by atoms with van der Waals surface area (Å²) < 4.78 is 1.91. The smallest absolute Gasteiger partial charge is 0.324 e. The van der Waals surface area contributed by atoms with Crippen LogP contribution >= 0.6 is 11.8 Å². The number of imide groups is 1. The molecule has 1 aliphatic rings. The minimum absolute atomic E-state index is 0.0862. The van der Waals surface area contributed by atoms with E-state index in [0.717, 1.165) is 16.4 Å². The largest absolute Gasteiger partial charge is 0.329 e. The molecule has 1 aliphatic heterocycles. The first-order valence-corrected chi connectivity index (χ1v) is 7.82. The van der Waals surface area contributed by atoms with Crippen LogP contribution in [0.2, 0.25) is 0 Å². The molecule has 2 aromatic rings. The minimum atomic E-state index is -0.328. The van der Waals surface area contributed by atoms with E-state index in [1.807, 2.05) is 35.8 Å². The highest BCUT2D eigenvalue weighted by Crippen LogP contribution is 2.21. The van der Waals surface area contributed by atoms with E-state index in [9.17, 15) is 9.59 Å². The maximum absolute atomic E-state index is 11.5. The Morgan fingerprint density at radius 1 is 1.32 bits per heavy atom. The lowest BCUT2D eigenvalue weighted by atomic mass is 10.2. The number of aromatic nitrogens is 3. The van der Waals surface area contributed by atoms with Gasteiger partial charge in [-0.15, -0.1) is 10.2 Å². The van der Waals surface area contributed by atoms with Gasteiger partial charge in [-0.05, 0) is 18.6 Å². The normalized spacial score (nSPS) is 14.5. The number of nitrogens with zero attached hydrogens (tertiary/aromatic N) is 4. The summed E-state index contributed by atoms with van der Waals surface area (Å²) in [5, 5.41) is 11.3. The third kappa shape index (κ3) is 2.82. The lowest BCUT2D eigenvalue weighted by molar-refractivity contribution is -0.124. The van der Waals surface area contributed by atoms with Crippen LogP contribution in [0.15, 0.2) is 35.7 Å². The molecular weight excluding hydrogens is 302 g/mol. The van der Waals surface area contributed by atoms with Crippen LogP contribution in [-0.4, -0.2) is 50.4 Å². The zero-order chi connectivity index (χ0) is 15.5. The number of thioether (sulfide) groups is 1. The average molecular weight is 317 g/mol. The second kappa shape index (κ2) is 6.18. The molecule has 1 N–H and O–H groups in total. The van der Waals surface area contributed by atoms with Crippen molar-refractivity contribution >= 4 is 23.7 Å². The molecule has 3 amide bonds. The molecule has 7 nitrogen and oxygen atoms in total. The van der Waals surface area contributed by atoms with E-state index < -0.39 is 0 Å². The molecule has 22 heavy (non-hydrogen) atoms. The van der Waals surface area contributed by atoms with Crippen molar-refractivity contribution in [1.82, 2.24) is 25.0 Å². The fourth-order valence-electron chi connectivity index (χ4n) is 2.23. The SMILES string of the molecule is Cc1ccccc1-n1cnnc1SCCN1C(=O)CNC1=O. The number of hydrogen-bond acceptors (Lipinski definition) is 5. The van der Waals surface area contributed by atoms with Crippen LogP contribution in [0.1, 0.15) is 5.56 Å². The summed E-state index contributed by atoms with van der Waals surface area (Å²) in [6.07, 6.45) is 1.67. The highest BCUT2D eigenvalue weighted by molar-refractivity contribution is 7.99. The van der Waals surface area contributed by atoms with Crippen LogP contribution in [0.4, 0.5) is 4.79 Å². The van der Waals surface area contributed by atoms with E-state index in [0.29, 0.717) is 12.3 Å². The van der Waals surface area contributed by atoms with Gasteiger partial charge in [-0.3, -0.25) is 14.3 Å². The molecule has 0 radical (unpaired) electrons. The van der Waals surface area contributed by atoms with Gasteiger partial charge >= 0.3 is 6.03 Å². The van der Waals surface area contributed by atoms with Gasteiger partial charge < -0.3 is 5.32 Å². The average Bonchev–Trinajstić information content (AvgIpc) is 3.09. The molecule has 2 heterocycles. The summed E-state index contributed by atoms with van der Waals surface area (Å²) in [6, 6.07) is 7.64. The van der Waals surface area contributed by atoms with Gasteiger partial charge in [0.05, 0.1) is 12.2 Å². The Morgan fingerprint density at radius 2 is 2.14 bits per heavy atom. The maximum atomic E-state index is 11.5. The molecular formula is C14H15N5O2S. The Balaban J connectivity index is 1.67. The second-order valence-electron chi connectivity index (χ2n) is 4.82. The van der Waals surface area contributed by atoms with Crippen molar-refractivity contribution in [1.29, 1.82) is 0 Å². The topological polar surface area (TPSA) is 80.1 Å². The Hall–Kier alpha value is -2.35. The standard InChI is InChI=1S/C14H15N5O2S/c1-10-4-2-3-5-11(10)19-9-16-17-14(19)22-7-6-18-12(20)8-15-13(18)21/h2-5,9H,6-8H2,1H3,(H,15,21). The highest BCUT2D eigenvalue weighted by Gasteiger charge is 2.27. The number of carbonyl (C=O) groups is 2. The number of benzene rings is 1. The Morgan fingerprint density at radius 3 is 2.86 bits per heavy atom. The van der Waals surface area contributed by atoms with Crippen LogP contribution < -0.4 is 5.32 Å². The molecule has 8 heteroatoms. The van der Waals surface area contributed by atoms with E-state index in [2.05, 4.69) is 15.5 Å². The van der Waals surface area contributed by atoms with Gasteiger partial charge in [0.15, 0.2) is 5.16 Å². The third-order valence-corrected chi connectivity index (χ3v) is 4.30. The van der Waals surface area contributed by atoms with Gasteiger partial charge in [-0.1, -0.05) is 30.0 Å². The monoisotopic (exact) mass is 317 g/mol. The zero-order valence-electron chi connectivity index (χ0n) is 12.0. The zero-order valence-corrected chi connectivity index (χ0v) is 12.8. The fourth-order valence-corrected chi connectivity index (χ4v) is 3.08. The fraction of sp³-hybridized carbons (Fsp3) is 0.286. The molecule has 0 unspecified atom stereocenters. The summed E-state index contributed by atoms with van der Waals surface area (Å²) in [5.41, 5.74) is 2.14. The van der Waals surface area contributed by atoms with Crippen molar-refractivity contribution in [2.75, 3.05) is 18.8 Å². The molecule has 1 fully saturated rings. The van der Waals surface area contributed by atoms with Crippen LogP contribution in [0, 0.1) is 6.92 Å². The van der Waals surface area contributed by atoms with Gasteiger partial charge in [0, 0.05) is 12.3 Å². The molecule has 0 bridgehead atoms. The molecule has 0 spiro atoms. The van der Waals surface area contributed by atoms with Crippen molar-refractivity contribution in [2.45, 2.75) is 12.1 Å². The highest BCUT2D eigenvalue weighted by atomic mass is 32.2. The summed E-state index contributed by atoms with van der Waals surface area (Å²) >= 11 is 1.46. The summed E-state index contributed by atoms with van der Waals surface area (Å²) in [4.78, 5) is 24.2. The lowest BCUT2D eigenvalue weighted by Gasteiger charge is -2.12. The molecule has 0 saturated carbocycles. The quantitative estimate of drug-likeness (QED) is 0.662. The molecule has 1 aromatic carbocycles. The van der Waals surface area contributed by atoms with Crippen molar-refractivity contribution in [3.05, 3.63) is 36.2 Å². The Labute approximate surface area is 131 Å². The predicted molar refractivity (Wildman–Crippen MR) is 81.9 cm³/mol. The van der Waals surface area contributed by atoms with Crippen molar-refractivity contribution < 1.29 is 9.59 Å². The predicted octanol–water partition coefficient (Wildman–Crippen LogP) is 1.22. The van der Waals surface area contributed by atoms with Crippen molar-refractivity contribution in [3.63, 3.8) is 0 Å². The maximum Gasteiger partial charge on any atom is 0.324 e. The molecule has 0 atom stereocenters. The van der Waals surface area contributed by atoms with Gasteiger partial charge in [-0.25, -0.2) is 4.79 Å². The van der Waals surface area contributed by atoms with Gasteiger partial charge in [-0.2, -0.15) is 0 Å². The second-order valence-corrected chi connectivity index (χ2v) is 5.88. The Bertz CT molecular complexity index is 699. The molecule has 1 saturated heterocycles. The number of aryl methyl sites for hydroxylation is 1. The van der Waals surface area contributed by atoms with Gasteiger partial charge in [0.1, 0.15) is 6.33 Å². The molecule has 1 aromatic heterocycles.